The van der Waals surface area contributed by atoms with Crippen molar-refractivity contribution < 1.29 is 9.59 Å². The minimum Gasteiger partial charge on any atom is -0.370 e. The number of carbonyl (C=O) groups is 2. The second kappa shape index (κ2) is 9.57. The number of anilines is 1. The highest BCUT2D eigenvalue weighted by Crippen LogP contribution is 2.18. The third-order valence-corrected chi connectivity index (χ3v) is 6.70. The SMILES string of the molecule is Cc1cccc(NCC2CCN(CC(=O)N3CCN(C(=O)c4cccs4)CC3)C2)n1. The standard InChI is InChI=1S/C22H29N5O2S/c1-17-4-2-6-20(24-17)23-14-18-7-8-25(15-18)16-21(28)26-9-11-27(12-10-26)22(29)19-5-3-13-30-19/h2-6,13,18H,7-12,14-16H2,1H3,(H,23,24). The number of pyridine rings is 1. The Kier molecular flexibility index (Phi) is 6.64. The molecule has 0 saturated carbocycles. The van der Waals surface area contributed by atoms with Gasteiger partial charge >= 0.3 is 0 Å². The number of carbonyl (C=O) groups excluding carboxylic acids is 2. The number of likely N-dealkylation sites (tertiary alicyclic amines) is 1. The van der Waals surface area contributed by atoms with E-state index in [1.807, 2.05) is 52.4 Å². The van der Waals surface area contributed by atoms with Crippen LogP contribution in [0.4, 0.5) is 5.82 Å². The van der Waals surface area contributed by atoms with Crippen LogP contribution in [0.5, 0.6) is 0 Å². The average Bonchev–Trinajstić information content (AvgIpc) is 3.44. The van der Waals surface area contributed by atoms with Gasteiger partial charge in [-0.05, 0) is 49.4 Å². The molecule has 2 aromatic rings. The first-order valence-corrected chi connectivity index (χ1v) is 11.5. The Balaban J connectivity index is 1.18. The van der Waals surface area contributed by atoms with E-state index in [-0.39, 0.29) is 11.8 Å². The molecule has 0 aliphatic carbocycles. The maximum absolute atomic E-state index is 12.7. The molecule has 1 unspecified atom stereocenters. The molecule has 1 N–H and O–H groups in total. The smallest absolute Gasteiger partial charge is 0.264 e. The molecule has 0 radical (unpaired) electrons. The Morgan fingerprint density at radius 3 is 2.63 bits per heavy atom. The molecule has 0 spiro atoms. The van der Waals surface area contributed by atoms with Gasteiger partial charge in [-0.3, -0.25) is 14.5 Å². The summed E-state index contributed by atoms with van der Waals surface area (Å²) < 4.78 is 0. The minimum atomic E-state index is 0.0788. The maximum atomic E-state index is 12.7. The molecule has 2 aliphatic heterocycles. The van der Waals surface area contributed by atoms with E-state index in [2.05, 4.69) is 15.2 Å². The van der Waals surface area contributed by atoms with E-state index in [0.29, 0.717) is 38.6 Å². The summed E-state index contributed by atoms with van der Waals surface area (Å²) in [6.07, 6.45) is 1.09. The summed E-state index contributed by atoms with van der Waals surface area (Å²) in [6, 6.07) is 9.75. The summed E-state index contributed by atoms with van der Waals surface area (Å²) in [6.45, 7) is 7.69. The van der Waals surface area contributed by atoms with Gasteiger partial charge < -0.3 is 15.1 Å². The summed E-state index contributed by atoms with van der Waals surface area (Å²) in [7, 11) is 0. The van der Waals surface area contributed by atoms with Gasteiger partial charge in [-0.15, -0.1) is 11.3 Å². The predicted molar refractivity (Wildman–Crippen MR) is 119 cm³/mol. The van der Waals surface area contributed by atoms with Crippen molar-refractivity contribution in [2.24, 2.45) is 5.92 Å². The number of nitrogens with zero attached hydrogens (tertiary/aromatic N) is 4. The zero-order valence-corrected chi connectivity index (χ0v) is 18.2. The van der Waals surface area contributed by atoms with E-state index in [1.165, 1.54) is 11.3 Å². The Bertz CT molecular complexity index is 864. The van der Waals surface area contributed by atoms with Crippen LogP contribution in [0.25, 0.3) is 0 Å². The molecule has 4 rings (SSSR count). The highest BCUT2D eigenvalue weighted by Gasteiger charge is 2.28. The van der Waals surface area contributed by atoms with Gasteiger partial charge in [0.05, 0.1) is 11.4 Å². The Labute approximate surface area is 181 Å². The molecule has 160 valence electrons. The van der Waals surface area contributed by atoms with Gasteiger partial charge in [-0.2, -0.15) is 0 Å². The number of hydrogen-bond acceptors (Lipinski definition) is 6. The van der Waals surface area contributed by atoms with E-state index in [4.69, 9.17) is 0 Å². The molecule has 2 aliphatic rings. The highest BCUT2D eigenvalue weighted by atomic mass is 32.1. The Morgan fingerprint density at radius 1 is 1.10 bits per heavy atom. The lowest BCUT2D eigenvalue weighted by atomic mass is 10.1. The van der Waals surface area contributed by atoms with E-state index >= 15 is 0 Å². The fraction of sp³-hybridized carbons (Fsp3) is 0.500. The van der Waals surface area contributed by atoms with E-state index in [1.54, 1.807) is 0 Å². The molecule has 2 amide bonds. The summed E-state index contributed by atoms with van der Waals surface area (Å²) in [5.74, 6) is 1.70. The van der Waals surface area contributed by atoms with E-state index < -0.39 is 0 Å². The molecular formula is C22H29N5O2S. The number of amides is 2. The number of hydrogen-bond donors (Lipinski definition) is 1. The topological polar surface area (TPSA) is 68.8 Å². The van der Waals surface area contributed by atoms with Crippen LogP contribution in [0.3, 0.4) is 0 Å². The Hall–Kier alpha value is -2.45. The van der Waals surface area contributed by atoms with Gasteiger partial charge in [0, 0.05) is 45.0 Å². The molecule has 1 atom stereocenters. The van der Waals surface area contributed by atoms with Crippen molar-refractivity contribution in [1.29, 1.82) is 0 Å². The number of thiophene rings is 1. The molecule has 2 fully saturated rings. The van der Waals surface area contributed by atoms with Crippen LogP contribution in [0.15, 0.2) is 35.7 Å². The lowest BCUT2D eigenvalue weighted by Crippen LogP contribution is -2.52. The van der Waals surface area contributed by atoms with Gasteiger partial charge in [0.15, 0.2) is 0 Å². The summed E-state index contributed by atoms with van der Waals surface area (Å²) in [5, 5.41) is 5.34. The third-order valence-electron chi connectivity index (χ3n) is 5.84. The van der Waals surface area contributed by atoms with Crippen LogP contribution < -0.4 is 5.32 Å². The normalized spacial score (nSPS) is 19.8. The van der Waals surface area contributed by atoms with Crippen molar-refractivity contribution >= 4 is 29.0 Å². The van der Waals surface area contributed by atoms with Crippen molar-refractivity contribution in [1.82, 2.24) is 19.7 Å². The predicted octanol–water partition coefficient (Wildman–Crippen LogP) is 2.17. The summed E-state index contributed by atoms with van der Waals surface area (Å²) in [4.78, 5) is 36.5. The van der Waals surface area contributed by atoms with Crippen LogP contribution >= 0.6 is 11.3 Å². The van der Waals surface area contributed by atoms with Gasteiger partial charge in [0.1, 0.15) is 5.82 Å². The van der Waals surface area contributed by atoms with Crippen molar-refractivity contribution in [2.75, 3.05) is 57.7 Å². The molecule has 7 nitrogen and oxygen atoms in total. The lowest BCUT2D eigenvalue weighted by molar-refractivity contribution is -0.133. The molecule has 30 heavy (non-hydrogen) atoms. The van der Waals surface area contributed by atoms with Crippen LogP contribution in [-0.4, -0.2) is 83.9 Å². The van der Waals surface area contributed by atoms with Gasteiger partial charge in [-0.25, -0.2) is 4.98 Å². The van der Waals surface area contributed by atoms with Crippen LogP contribution in [0.1, 0.15) is 21.8 Å². The second-order valence-electron chi connectivity index (χ2n) is 8.09. The molecule has 0 bridgehead atoms. The molecule has 4 heterocycles. The van der Waals surface area contributed by atoms with Crippen LogP contribution in [-0.2, 0) is 4.79 Å². The minimum absolute atomic E-state index is 0.0788. The van der Waals surface area contributed by atoms with E-state index in [0.717, 1.165) is 42.4 Å². The van der Waals surface area contributed by atoms with Gasteiger partial charge in [-0.1, -0.05) is 12.1 Å². The maximum Gasteiger partial charge on any atom is 0.264 e. The first-order chi connectivity index (χ1) is 14.6. The van der Waals surface area contributed by atoms with Crippen LogP contribution in [0, 0.1) is 12.8 Å². The van der Waals surface area contributed by atoms with Gasteiger partial charge in [0.25, 0.3) is 5.91 Å². The monoisotopic (exact) mass is 427 g/mol. The number of aryl methyl sites for hydroxylation is 1. The van der Waals surface area contributed by atoms with Crippen molar-refractivity contribution in [3.05, 3.63) is 46.3 Å². The van der Waals surface area contributed by atoms with E-state index in [9.17, 15) is 9.59 Å². The molecule has 2 saturated heterocycles. The number of aromatic nitrogens is 1. The lowest BCUT2D eigenvalue weighted by Gasteiger charge is -2.35. The number of piperazine rings is 1. The first-order valence-electron chi connectivity index (χ1n) is 10.6. The quantitative estimate of drug-likeness (QED) is 0.765. The fourth-order valence-electron chi connectivity index (χ4n) is 4.12. The largest absolute Gasteiger partial charge is 0.370 e. The van der Waals surface area contributed by atoms with Crippen molar-refractivity contribution in [2.45, 2.75) is 13.3 Å². The number of nitrogens with one attached hydrogen (secondary N) is 1. The zero-order chi connectivity index (χ0) is 20.9. The second-order valence-corrected chi connectivity index (χ2v) is 9.03. The summed E-state index contributed by atoms with van der Waals surface area (Å²) >= 11 is 1.47. The fourth-order valence-corrected chi connectivity index (χ4v) is 4.81. The molecule has 0 aromatic carbocycles. The number of rotatable bonds is 6. The van der Waals surface area contributed by atoms with Crippen LogP contribution in [0.2, 0.25) is 0 Å². The van der Waals surface area contributed by atoms with Gasteiger partial charge in [0.2, 0.25) is 5.91 Å². The summed E-state index contributed by atoms with van der Waals surface area (Å²) in [5.41, 5.74) is 1.01. The Morgan fingerprint density at radius 2 is 1.90 bits per heavy atom. The molecular weight excluding hydrogens is 398 g/mol. The third kappa shape index (κ3) is 5.17. The average molecular weight is 428 g/mol. The highest BCUT2D eigenvalue weighted by molar-refractivity contribution is 7.12. The molecule has 8 heteroatoms. The van der Waals surface area contributed by atoms with Crippen molar-refractivity contribution in [3.8, 4) is 0 Å². The zero-order valence-electron chi connectivity index (χ0n) is 17.4. The first kappa shape index (κ1) is 20.8. The van der Waals surface area contributed by atoms with Crippen molar-refractivity contribution in [3.63, 3.8) is 0 Å². The molecule has 2 aromatic heterocycles.